The predicted molar refractivity (Wildman–Crippen MR) is 136 cm³/mol. The summed E-state index contributed by atoms with van der Waals surface area (Å²) in [4.78, 5) is 3.98. The second-order valence-corrected chi connectivity index (χ2v) is 8.62. The minimum atomic E-state index is -0.599. The van der Waals surface area contributed by atoms with Gasteiger partial charge in [-0.05, 0) is 48.2 Å². The van der Waals surface area contributed by atoms with E-state index >= 15 is 0 Å². The molecule has 1 atom stereocenters. The van der Waals surface area contributed by atoms with Crippen molar-refractivity contribution in [3.8, 4) is 11.5 Å². The topological polar surface area (TPSA) is 56.5 Å². The third kappa shape index (κ3) is 7.79. The molecule has 3 rings (SSSR count). The van der Waals surface area contributed by atoms with Gasteiger partial charge >= 0.3 is 0 Å². The van der Waals surface area contributed by atoms with Crippen LogP contribution in [0.3, 0.4) is 0 Å². The lowest BCUT2D eigenvalue weighted by molar-refractivity contribution is 0.0924. The number of aromatic nitrogens is 2. The lowest BCUT2D eigenvalue weighted by Gasteiger charge is -2.27. The molecule has 1 unspecified atom stereocenters. The third-order valence-corrected chi connectivity index (χ3v) is 5.70. The molecule has 0 saturated heterocycles. The van der Waals surface area contributed by atoms with E-state index in [1.54, 1.807) is 12.5 Å². The van der Waals surface area contributed by atoms with E-state index in [1.807, 2.05) is 42.8 Å². The number of aliphatic hydroxyl groups excluding tert-OH is 1. The Bertz CT molecular complexity index is 941. The molecule has 0 amide bonds. The number of hydrogen-bond acceptors (Lipinski definition) is 4. The minimum Gasteiger partial charge on any atom is -0.493 e. The molecule has 0 fully saturated rings. The third-order valence-electron chi connectivity index (χ3n) is 5.43. The molecule has 180 valence electrons. The average Bonchev–Trinajstić information content (AvgIpc) is 3.33. The van der Waals surface area contributed by atoms with Crippen molar-refractivity contribution in [2.75, 3.05) is 19.1 Å². The van der Waals surface area contributed by atoms with Gasteiger partial charge in [0.2, 0.25) is 0 Å². The molecular formula is C27H37ClN2O3. The quantitative estimate of drug-likeness (QED) is 0.275. The van der Waals surface area contributed by atoms with Crippen LogP contribution in [-0.2, 0) is 12.0 Å². The van der Waals surface area contributed by atoms with E-state index in [2.05, 4.69) is 50.0 Å². The van der Waals surface area contributed by atoms with Gasteiger partial charge in [0.25, 0.3) is 0 Å². The summed E-state index contributed by atoms with van der Waals surface area (Å²) in [6, 6.07) is 14.4. The summed E-state index contributed by atoms with van der Waals surface area (Å²) in [7, 11) is 0. The summed E-state index contributed by atoms with van der Waals surface area (Å²) in [6.45, 7) is 11.8. The van der Waals surface area contributed by atoms with E-state index in [1.165, 1.54) is 11.1 Å². The maximum Gasteiger partial charge on any atom is 0.122 e. The zero-order valence-electron chi connectivity index (χ0n) is 20.4. The predicted octanol–water partition coefficient (Wildman–Crippen LogP) is 5.99. The van der Waals surface area contributed by atoms with Gasteiger partial charge in [-0.3, -0.25) is 0 Å². The lowest BCUT2D eigenvalue weighted by atomic mass is 9.77. The monoisotopic (exact) mass is 472 g/mol. The summed E-state index contributed by atoms with van der Waals surface area (Å²) in [5.74, 6) is 2.25. The number of benzene rings is 2. The molecule has 0 bridgehead atoms. The molecule has 0 aliphatic heterocycles. The normalized spacial score (nSPS) is 12.0. The Morgan fingerprint density at radius 1 is 1.06 bits per heavy atom. The molecule has 0 radical (unpaired) electrons. The standard InChI is InChI=1S/C25H31ClN2O3.C2H6/c1-19-15-21(7-10-24(19)30-14-4-11-26)25(2,3)20-5-8-23(9-6-20)31-17-22(29)16-28-13-12-27-18-28;1-2/h5-10,12-13,15,18,22,29H,4,11,14,16-17H2,1-3H3;1-2H3. The van der Waals surface area contributed by atoms with E-state index < -0.39 is 6.10 Å². The largest absolute Gasteiger partial charge is 0.493 e. The molecule has 0 spiro atoms. The van der Waals surface area contributed by atoms with E-state index in [0.29, 0.717) is 19.0 Å². The first-order chi connectivity index (χ1) is 15.9. The fraction of sp³-hybridized carbons (Fsp3) is 0.444. The molecule has 6 heteroatoms. The number of nitrogens with zero attached hydrogens (tertiary/aromatic N) is 2. The highest BCUT2D eigenvalue weighted by molar-refractivity contribution is 6.17. The van der Waals surface area contributed by atoms with Gasteiger partial charge < -0.3 is 19.1 Å². The fourth-order valence-electron chi connectivity index (χ4n) is 3.45. The molecule has 2 aromatic carbocycles. The maximum absolute atomic E-state index is 10.1. The van der Waals surface area contributed by atoms with Gasteiger partial charge in [0, 0.05) is 23.7 Å². The number of rotatable bonds is 11. The number of ether oxygens (including phenoxy) is 2. The molecule has 0 aliphatic carbocycles. The van der Waals surface area contributed by atoms with Crippen LogP contribution in [0, 0.1) is 6.92 Å². The first kappa shape index (κ1) is 26.7. The lowest BCUT2D eigenvalue weighted by Crippen LogP contribution is -2.23. The Labute approximate surface area is 203 Å². The van der Waals surface area contributed by atoms with Crippen molar-refractivity contribution < 1.29 is 14.6 Å². The minimum absolute atomic E-state index is 0.168. The van der Waals surface area contributed by atoms with Crippen molar-refractivity contribution in [1.82, 2.24) is 9.55 Å². The van der Waals surface area contributed by atoms with Crippen molar-refractivity contribution in [2.24, 2.45) is 0 Å². The van der Waals surface area contributed by atoms with Gasteiger partial charge in [-0.15, -0.1) is 11.6 Å². The number of halogens is 1. The zero-order valence-corrected chi connectivity index (χ0v) is 21.2. The number of alkyl halides is 1. The van der Waals surface area contributed by atoms with Crippen molar-refractivity contribution >= 4 is 11.6 Å². The molecule has 33 heavy (non-hydrogen) atoms. The highest BCUT2D eigenvalue weighted by Gasteiger charge is 2.24. The number of aliphatic hydroxyl groups is 1. The number of imidazole rings is 1. The number of hydrogen-bond donors (Lipinski definition) is 1. The Balaban J connectivity index is 0.00000187. The Hall–Kier alpha value is -2.50. The Morgan fingerprint density at radius 3 is 2.36 bits per heavy atom. The molecule has 1 heterocycles. The van der Waals surface area contributed by atoms with Gasteiger partial charge in [-0.2, -0.15) is 0 Å². The van der Waals surface area contributed by atoms with Crippen molar-refractivity contribution in [3.05, 3.63) is 77.9 Å². The van der Waals surface area contributed by atoms with Gasteiger partial charge in [0.05, 0.1) is 19.5 Å². The maximum atomic E-state index is 10.1. The second kappa shape index (κ2) is 13.3. The second-order valence-electron chi connectivity index (χ2n) is 8.24. The van der Waals surface area contributed by atoms with Crippen LogP contribution in [0.5, 0.6) is 11.5 Å². The van der Waals surface area contributed by atoms with Crippen LogP contribution in [0.25, 0.3) is 0 Å². The van der Waals surface area contributed by atoms with Crippen LogP contribution in [0.1, 0.15) is 50.8 Å². The SMILES string of the molecule is CC.Cc1cc(C(C)(C)c2ccc(OCC(O)Cn3ccnc3)cc2)ccc1OCCCCl. The van der Waals surface area contributed by atoms with Crippen molar-refractivity contribution in [1.29, 1.82) is 0 Å². The van der Waals surface area contributed by atoms with E-state index in [4.69, 9.17) is 21.1 Å². The summed E-state index contributed by atoms with van der Waals surface area (Å²) in [5, 5.41) is 10.1. The van der Waals surface area contributed by atoms with Crippen LogP contribution < -0.4 is 9.47 Å². The zero-order chi connectivity index (χ0) is 24.3. The molecule has 0 aliphatic rings. The molecule has 1 aromatic heterocycles. The van der Waals surface area contributed by atoms with Crippen LogP contribution >= 0.6 is 11.6 Å². The molecule has 3 aromatic rings. The smallest absolute Gasteiger partial charge is 0.122 e. The summed E-state index contributed by atoms with van der Waals surface area (Å²) < 4.78 is 13.4. The van der Waals surface area contributed by atoms with Crippen molar-refractivity contribution in [2.45, 2.75) is 59.1 Å². The highest BCUT2D eigenvalue weighted by atomic mass is 35.5. The molecular weight excluding hydrogens is 436 g/mol. The van der Waals surface area contributed by atoms with E-state index in [9.17, 15) is 5.11 Å². The summed E-state index contributed by atoms with van der Waals surface area (Å²) in [5.41, 5.74) is 3.36. The van der Waals surface area contributed by atoms with Gasteiger partial charge in [0.1, 0.15) is 24.2 Å². The Morgan fingerprint density at radius 2 is 1.76 bits per heavy atom. The van der Waals surface area contributed by atoms with Crippen LogP contribution in [0.4, 0.5) is 0 Å². The van der Waals surface area contributed by atoms with Gasteiger partial charge in [0.15, 0.2) is 0 Å². The van der Waals surface area contributed by atoms with Crippen LogP contribution in [0.2, 0.25) is 0 Å². The Kier molecular flexibility index (Phi) is 10.8. The first-order valence-corrected chi connectivity index (χ1v) is 12.1. The van der Waals surface area contributed by atoms with Crippen molar-refractivity contribution in [3.63, 3.8) is 0 Å². The average molecular weight is 473 g/mol. The van der Waals surface area contributed by atoms with E-state index in [0.717, 1.165) is 23.5 Å². The fourth-order valence-corrected chi connectivity index (χ4v) is 3.56. The summed E-state index contributed by atoms with van der Waals surface area (Å²) >= 11 is 5.73. The molecule has 1 N–H and O–H groups in total. The molecule has 5 nitrogen and oxygen atoms in total. The number of aryl methyl sites for hydroxylation is 1. The van der Waals surface area contributed by atoms with Gasteiger partial charge in [-0.25, -0.2) is 4.98 Å². The van der Waals surface area contributed by atoms with Crippen LogP contribution in [0.15, 0.2) is 61.2 Å². The molecule has 0 saturated carbocycles. The van der Waals surface area contributed by atoms with E-state index in [-0.39, 0.29) is 12.0 Å². The van der Waals surface area contributed by atoms with Gasteiger partial charge in [-0.1, -0.05) is 52.0 Å². The first-order valence-electron chi connectivity index (χ1n) is 11.6. The summed E-state index contributed by atoms with van der Waals surface area (Å²) in [6.07, 6.45) is 5.43. The van der Waals surface area contributed by atoms with Crippen LogP contribution in [-0.4, -0.2) is 39.9 Å². The highest BCUT2D eigenvalue weighted by Crippen LogP contribution is 2.34.